The van der Waals surface area contributed by atoms with Crippen molar-refractivity contribution >= 4 is 17.2 Å². The Morgan fingerprint density at radius 3 is 2.63 bits per heavy atom. The Kier molecular flexibility index (Phi) is 3.55. The molecular formula is C14H18N2O3. The Balaban J connectivity index is 2.24. The van der Waals surface area contributed by atoms with Gasteiger partial charge in [-0.3, -0.25) is 14.9 Å². The first kappa shape index (κ1) is 13.5. The molecule has 0 heterocycles. The van der Waals surface area contributed by atoms with Crippen LogP contribution in [-0.2, 0) is 0 Å². The fourth-order valence-electron chi connectivity index (χ4n) is 2.31. The lowest BCUT2D eigenvalue weighted by Crippen LogP contribution is -2.20. The van der Waals surface area contributed by atoms with Gasteiger partial charge in [0.25, 0.3) is 5.69 Å². The number of hydrogen-bond acceptors (Lipinski definition) is 4. The first-order valence-corrected chi connectivity index (χ1v) is 6.40. The topological polar surface area (TPSA) is 63.5 Å². The van der Waals surface area contributed by atoms with E-state index in [0.29, 0.717) is 5.92 Å². The molecule has 0 aromatic heterocycles. The first-order valence-electron chi connectivity index (χ1n) is 6.40. The summed E-state index contributed by atoms with van der Waals surface area (Å²) in [4.78, 5) is 23.9. The zero-order valence-electron chi connectivity index (χ0n) is 11.4. The highest BCUT2D eigenvalue weighted by atomic mass is 16.6. The maximum absolute atomic E-state index is 11.5. The highest BCUT2D eigenvalue weighted by molar-refractivity contribution is 5.99. The normalized spacial score (nSPS) is 21.0. The van der Waals surface area contributed by atoms with Crippen LogP contribution < -0.4 is 4.90 Å². The van der Waals surface area contributed by atoms with E-state index in [1.165, 1.54) is 19.4 Å². The standard InChI is InChI=1S/C14H18N2O3/c1-9-6-11(9)8-15(3)12-4-5-14(16(18)19)13(7-12)10(2)17/h4-5,7,9,11H,6,8H2,1-3H3. The molecule has 19 heavy (non-hydrogen) atoms. The molecule has 1 saturated carbocycles. The van der Waals surface area contributed by atoms with Crippen molar-refractivity contribution in [2.45, 2.75) is 20.3 Å². The molecule has 1 aliphatic carbocycles. The highest BCUT2D eigenvalue weighted by Crippen LogP contribution is 2.39. The quantitative estimate of drug-likeness (QED) is 0.465. The average Bonchev–Trinajstić information content (AvgIpc) is 3.03. The van der Waals surface area contributed by atoms with E-state index < -0.39 is 4.92 Å². The predicted molar refractivity (Wildman–Crippen MR) is 73.6 cm³/mol. The number of rotatable bonds is 5. The molecule has 1 fully saturated rings. The van der Waals surface area contributed by atoms with E-state index >= 15 is 0 Å². The number of carbonyl (C=O) groups excluding carboxylic acids is 1. The Morgan fingerprint density at radius 2 is 2.16 bits per heavy atom. The minimum Gasteiger partial charge on any atom is -0.374 e. The summed E-state index contributed by atoms with van der Waals surface area (Å²) in [6.45, 7) is 4.50. The minimum absolute atomic E-state index is 0.121. The number of benzene rings is 1. The van der Waals surface area contributed by atoms with Gasteiger partial charge >= 0.3 is 0 Å². The molecule has 2 atom stereocenters. The molecule has 1 aliphatic rings. The summed E-state index contributed by atoms with van der Waals surface area (Å²) in [5, 5.41) is 10.9. The van der Waals surface area contributed by atoms with Crippen molar-refractivity contribution < 1.29 is 9.72 Å². The SMILES string of the molecule is CC(=O)c1cc(N(C)CC2CC2C)ccc1[N+](=O)[O-]. The predicted octanol–water partition coefficient (Wildman–Crippen LogP) is 2.89. The van der Waals surface area contributed by atoms with Crippen LogP contribution in [0.3, 0.4) is 0 Å². The van der Waals surface area contributed by atoms with Crippen LogP contribution in [0.5, 0.6) is 0 Å². The summed E-state index contributed by atoms with van der Waals surface area (Å²) < 4.78 is 0. The summed E-state index contributed by atoms with van der Waals surface area (Å²) in [6.07, 6.45) is 1.23. The van der Waals surface area contributed by atoms with Crippen LogP contribution in [0, 0.1) is 22.0 Å². The molecule has 5 nitrogen and oxygen atoms in total. The first-order chi connectivity index (χ1) is 8.90. The molecular weight excluding hydrogens is 244 g/mol. The fourth-order valence-corrected chi connectivity index (χ4v) is 2.31. The molecule has 0 radical (unpaired) electrons. The molecule has 1 aromatic rings. The maximum Gasteiger partial charge on any atom is 0.280 e. The fraction of sp³-hybridized carbons (Fsp3) is 0.500. The number of ketones is 1. The van der Waals surface area contributed by atoms with Gasteiger partial charge < -0.3 is 4.90 Å². The number of anilines is 1. The van der Waals surface area contributed by atoms with Crippen LogP contribution >= 0.6 is 0 Å². The average molecular weight is 262 g/mol. The van der Waals surface area contributed by atoms with Crippen LogP contribution in [0.25, 0.3) is 0 Å². The molecule has 1 aromatic carbocycles. The number of nitrogens with zero attached hydrogens (tertiary/aromatic N) is 2. The third kappa shape index (κ3) is 2.92. The second kappa shape index (κ2) is 4.99. The van der Waals surface area contributed by atoms with Gasteiger partial charge in [-0.05, 0) is 37.3 Å². The zero-order valence-corrected chi connectivity index (χ0v) is 11.4. The van der Waals surface area contributed by atoms with Crippen LogP contribution in [0.2, 0.25) is 0 Å². The van der Waals surface area contributed by atoms with Crippen molar-refractivity contribution in [1.82, 2.24) is 0 Å². The summed E-state index contributed by atoms with van der Waals surface area (Å²) >= 11 is 0. The van der Waals surface area contributed by atoms with E-state index in [1.807, 2.05) is 7.05 Å². The minimum atomic E-state index is -0.510. The van der Waals surface area contributed by atoms with E-state index in [9.17, 15) is 14.9 Å². The van der Waals surface area contributed by atoms with E-state index in [1.54, 1.807) is 12.1 Å². The van der Waals surface area contributed by atoms with Gasteiger partial charge in [-0.15, -0.1) is 0 Å². The summed E-state index contributed by atoms with van der Waals surface area (Å²) in [7, 11) is 1.95. The second-order valence-electron chi connectivity index (χ2n) is 5.37. The zero-order chi connectivity index (χ0) is 14.2. The molecule has 0 N–H and O–H groups in total. The van der Waals surface area contributed by atoms with Crippen LogP contribution in [0.1, 0.15) is 30.6 Å². The van der Waals surface area contributed by atoms with E-state index in [4.69, 9.17) is 0 Å². The van der Waals surface area contributed by atoms with Gasteiger partial charge in [0.1, 0.15) is 0 Å². The second-order valence-corrected chi connectivity index (χ2v) is 5.37. The third-order valence-electron chi connectivity index (χ3n) is 3.78. The van der Waals surface area contributed by atoms with Gasteiger partial charge in [-0.1, -0.05) is 6.92 Å². The molecule has 102 valence electrons. The number of carbonyl (C=O) groups is 1. The van der Waals surface area contributed by atoms with Crippen molar-refractivity contribution in [1.29, 1.82) is 0 Å². The number of hydrogen-bond donors (Lipinski definition) is 0. The summed E-state index contributed by atoms with van der Waals surface area (Å²) in [5.41, 5.74) is 0.914. The van der Waals surface area contributed by atoms with Crippen LogP contribution in [0.15, 0.2) is 18.2 Å². The Bertz CT molecular complexity index is 527. The van der Waals surface area contributed by atoms with Gasteiger partial charge in [0.2, 0.25) is 0 Å². The van der Waals surface area contributed by atoms with Crippen LogP contribution in [-0.4, -0.2) is 24.3 Å². The summed E-state index contributed by atoms with van der Waals surface area (Å²) in [5.74, 6) is 1.18. The molecule has 0 aliphatic heterocycles. The van der Waals surface area contributed by atoms with E-state index in [0.717, 1.165) is 18.2 Å². The lowest BCUT2D eigenvalue weighted by molar-refractivity contribution is -0.385. The maximum atomic E-state index is 11.5. The Hall–Kier alpha value is -1.91. The van der Waals surface area contributed by atoms with E-state index in [2.05, 4.69) is 11.8 Å². The summed E-state index contributed by atoms with van der Waals surface area (Å²) in [6, 6.07) is 4.74. The van der Waals surface area contributed by atoms with Crippen molar-refractivity contribution in [3.8, 4) is 0 Å². The van der Waals surface area contributed by atoms with Gasteiger partial charge in [-0.25, -0.2) is 0 Å². The molecule has 0 saturated heterocycles. The lowest BCUT2D eigenvalue weighted by atomic mass is 10.1. The van der Waals surface area contributed by atoms with Crippen molar-refractivity contribution in [3.63, 3.8) is 0 Å². The van der Waals surface area contributed by atoms with Gasteiger partial charge in [0.05, 0.1) is 10.5 Å². The number of nitro groups is 1. The molecule has 0 bridgehead atoms. The molecule has 2 rings (SSSR count). The third-order valence-corrected chi connectivity index (χ3v) is 3.78. The Labute approximate surface area is 112 Å². The molecule has 0 spiro atoms. The largest absolute Gasteiger partial charge is 0.374 e. The van der Waals surface area contributed by atoms with Gasteiger partial charge in [0.15, 0.2) is 5.78 Å². The Morgan fingerprint density at radius 1 is 1.53 bits per heavy atom. The smallest absolute Gasteiger partial charge is 0.280 e. The number of nitro benzene ring substituents is 1. The molecule has 2 unspecified atom stereocenters. The highest BCUT2D eigenvalue weighted by Gasteiger charge is 2.33. The van der Waals surface area contributed by atoms with Gasteiger partial charge in [-0.2, -0.15) is 0 Å². The molecule has 0 amide bonds. The van der Waals surface area contributed by atoms with Crippen molar-refractivity contribution in [3.05, 3.63) is 33.9 Å². The van der Waals surface area contributed by atoms with Gasteiger partial charge in [0, 0.05) is 25.3 Å². The monoisotopic (exact) mass is 262 g/mol. The molecule has 5 heteroatoms. The van der Waals surface area contributed by atoms with Crippen LogP contribution in [0.4, 0.5) is 11.4 Å². The number of Topliss-reactive ketones (excluding diaryl/α,β-unsaturated/α-hetero) is 1. The van der Waals surface area contributed by atoms with E-state index in [-0.39, 0.29) is 17.0 Å². The van der Waals surface area contributed by atoms with Crippen molar-refractivity contribution in [2.75, 3.05) is 18.5 Å². The van der Waals surface area contributed by atoms with Crippen molar-refractivity contribution in [2.24, 2.45) is 11.8 Å². The lowest BCUT2D eigenvalue weighted by Gasteiger charge is -2.19.